The number of nitrogens with two attached hydrogens (primary N) is 1. The van der Waals surface area contributed by atoms with Crippen LogP contribution in [0.2, 0.25) is 0 Å². The number of halogens is 2. The lowest BCUT2D eigenvalue weighted by Crippen LogP contribution is -2.08. The summed E-state index contributed by atoms with van der Waals surface area (Å²) in [4.78, 5) is 3.96. The predicted molar refractivity (Wildman–Crippen MR) is 69.4 cm³/mol. The number of hydrogen-bond donors (Lipinski definition) is 3. The van der Waals surface area contributed by atoms with Gasteiger partial charge in [0.05, 0.1) is 5.69 Å². The molecule has 0 unspecified atom stereocenters. The Bertz CT molecular complexity index is 533. The molecule has 0 atom stereocenters. The Morgan fingerprint density at radius 3 is 2.82 bits per heavy atom. The van der Waals surface area contributed by atoms with Crippen LogP contribution in [0.4, 0.5) is 21.6 Å². The van der Waals surface area contributed by atoms with E-state index in [1.807, 2.05) is 0 Å². The lowest BCUT2D eigenvalue weighted by molar-refractivity contribution is 0.631. The molecular formula is C11H10BrFN4. The average molecular weight is 297 g/mol. The third-order valence-corrected chi connectivity index (χ3v) is 2.61. The number of anilines is 3. The van der Waals surface area contributed by atoms with Crippen LogP contribution >= 0.6 is 15.9 Å². The number of benzene rings is 1. The Kier molecular flexibility index (Phi) is 3.55. The first-order chi connectivity index (χ1) is 8.19. The number of nitrogen functional groups attached to an aromatic ring is 1. The largest absolute Gasteiger partial charge is 0.353 e. The van der Waals surface area contributed by atoms with Gasteiger partial charge >= 0.3 is 0 Å². The molecule has 4 N–H and O–H groups in total. The molecule has 88 valence electrons. The van der Waals surface area contributed by atoms with Gasteiger partial charge in [-0.3, -0.25) is 0 Å². The fraction of sp³-hybridized carbons (Fsp3) is 0. The van der Waals surface area contributed by atoms with Crippen molar-refractivity contribution in [1.29, 1.82) is 0 Å². The van der Waals surface area contributed by atoms with Crippen LogP contribution in [-0.4, -0.2) is 4.98 Å². The monoisotopic (exact) mass is 296 g/mol. The summed E-state index contributed by atoms with van der Waals surface area (Å²) in [6.45, 7) is 0. The molecule has 1 aromatic carbocycles. The zero-order chi connectivity index (χ0) is 12.3. The van der Waals surface area contributed by atoms with Crippen LogP contribution < -0.4 is 16.6 Å². The fourth-order valence-corrected chi connectivity index (χ4v) is 1.70. The Morgan fingerprint density at radius 1 is 1.24 bits per heavy atom. The van der Waals surface area contributed by atoms with Crippen molar-refractivity contribution in [2.24, 2.45) is 5.84 Å². The lowest BCUT2D eigenvalue weighted by Gasteiger charge is -2.09. The number of nitrogens with zero attached hydrogens (tertiary/aromatic N) is 1. The molecule has 0 radical (unpaired) electrons. The number of aromatic nitrogens is 1. The summed E-state index contributed by atoms with van der Waals surface area (Å²) in [6.07, 6.45) is 1.58. The van der Waals surface area contributed by atoms with E-state index in [-0.39, 0.29) is 5.82 Å². The van der Waals surface area contributed by atoms with E-state index in [0.29, 0.717) is 17.2 Å². The van der Waals surface area contributed by atoms with E-state index in [0.717, 1.165) is 4.47 Å². The quantitative estimate of drug-likeness (QED) is 0.602. The second-order valence-corrected chi connectivity index (χ2v) is 4.24. The Labute approximate surface area is 106 Å². The van der Waals surface area contributed by atoms with E-state index >= 15 is 0 Å². The van der Waals surface area contributed by atoms with Gasteiger partial charge in [-0.25, -0.2) is 15.2 Å². The van der Waals surface area contributed by atoms with Crippen molar-refractivity contribution in [3.63, 3.8) is 0 Å². The van der Waals surface area contributed by atoms with E-state index < -0.39 is 0 Å². The van der Waals surface area contributed by atoms with Gasteiger partial charge in [-0.05, 0) is 24.3 Å². The Morgan fingerprint density at radius 2 is 2.06 bits per heavy atom. The zero-order valence-corrected chi connectivity index (χ0v) is 10.3. The van der Waals surface area contributed by atoms with E-state index in [2.05, 4.69) is 31.7 Å². The predicted octanol–water partition coefficient (Wildman–Crippen LogP) is 3.01. The van der Waals surface area contributed by atoms with Gasteiger partial charge in [-0.15, -0.1) is 0 Å². The number of rotatable bonds is 3. The topological polar surface area (TPSA) is 63.0 Å². The lowest BCUT2D eigenvalue weighted by atomic mass is 10.3. The van der Waals surface area contributed by atoms with Gasteiger partial charge in [0.25, 0.3) is 0 Å². The summed E-state index contributed by atoms with van der Waals surface area (Å²) in [6, 6.07) is 8.09. The average Bonchev–Trinajstić information content (AvgIpc) is 2.34. The van der Waals surface area contributed by atoms with Gasteiger partial charge in [-0.1, -0.05) is 15.9 Å². The van der Waals surface area contributed by atoms with Crippen LogP contribution in [0.5, 0.6) is 0 Å². The molecule has 0 saturated heterocycles. The van der Waals surface area contributed by atoms with Crippen molar-refractivity contribution < 1.29 is 4.39 Å². The molecule has 2 rings (SSSR count). The van der Waals surface area contributed by atoms with Gasteiger partial charge in [0.2, 0.25) is 0 Å². The van der Waals surface area contributed by atoms with E-state index in [1.54, 1.807) is 30.5 Å². The van der Waals surface area contributed by atoms with Crippen molar-refractivity contribution >= 4 is 33.1 Å². The number of hydrazine groups is 1. The molecule has 1 heterocycles. The fourth-order valence-electron chi connectivity index (χ4n) is 1.34. The van der Waals surface area contributed by atoms with Crippen molar-refractivity contribution in [3.05, 3.63) is 46.8 Å². The molecule has 4 nitrogen and oxygen atoms in total. The van der Waals surface area contributed by atoms with Gasteiger partial charge < -0.3 is 10.7 Å². The molecule has 0 saturated carbocycles. The summed E-state index contributed by atoms with van der Waals surface area (Å²) < 4.78 is 14.3. The molecule has 2 aromatic rings. The van der Waals surface area contributed by atoms with Crippen LogP contribution in [-0.2, 0) is 0 Å². The van der Waals surface area contributed by atoms with Crippen molar-refractivity contribution in [3.8, 4) is 0 Å². The molecule has 0 amide bonds. The van der Waals surface area contributed by atoms with E-state index in [4.69, 9.17) is 5.84 Å². The summed E-state index contributed by atoms with van der Waals surface area (Å²) in [5.41, 5.74) is 3.51. The Hall–Kier alpha value is -1.66. The van der Waals surface area contributed by atoms with Crippen molar-refractivity contribution in [1.82, 2.24) is 4.98 Å². The first kappa shape index (κ1) is 11.8. The van der Waals surface area contributed by atoms with Crippen molar-refractivity contribution in [2.75, 3.05) is 10.7 Å². The van der Waals surface area contributed by atoms with Gasteiger partial charge in [0.1, 0.15) is 11.6 Å². The maximum atomic E-state index is 13.5. The second kappa shape index (κ2) is 5.11. The standard InChI is InChI=1S/C11H10BrFN4/c12-7-1-2-9(13)10(5-7)16-8-3-4-15-11(6-8)17-14/h1-6H,14H2,(H2,15,16,17). The second-order valence-electron chi connectivity index (χ2n) is 3.32. The van der Waals surface area contributed by atoms with E-state index in [1.165, 1.54) is 6.07 Å². The molecular weight excluding hydrogens is 287 g/mol. The number of nitrogens with one attached hydrogen (secondary N) is 2. The highest BCUT2D eigenvalue weighted by Crippen LogP contribution is 2.24. The summed E-state index contributed by atoms with van der Waals surface area (Å²) in [5.74, 6) is 5.42. The number of pyridine rings is 1. The maximum absolute atomic E-state index is 13.5. The zero-order valence-electron chi connectivity index (χ0n) is 8.74. The first-order valence-electron chi connectivity index (χ1n) is 4.84. The minimum Gasteiger partial charge on any atom is -0.353 e. The third kappa shape index (κ3) is 2.92. The normalized spacial score (nSPS) is 10.1. The SMILES string of the molecule is NNc1cc(Nc2cc(Br)ccc2F)ccn1. The van der Waals surface area contributed by atoms with Gasteiger partial charge in [-0.2, -0.15) is 0 Å². The summed E-state index contributed by atoms with van der Waals surface area (Å²) in [5, 5.41) is 2.95. The minimum atomic E-state index is -0.327. The Balaban J connectivity index is 2.27. The van der Waals surface area contributed by atoms with Crippen LogP contribution in [0.25, 0.3) is 0 Å². The highest BCUT2D eigenvalue weighted by Gasteiger charge is 2.03. The molecule has 0 aliphatic carbocycles. The smallest absolute Gasteiger partial charge is 0.146 e. The van der Waals surface area contributed by atoms with Crippen LogP contribution in [0.3, 0.4) is 0 Å². The van der Waals surface area contributed by atoms with Gasteiger partial charge in [0.15, 0.2) is 0 Å². The number of hydrogen-bond acceptors (Lipinski definition) is 4. The first-order valence-corrected chi connectivity index (χ1v) is 5.63. The minimum absolute atomic E-state index is 0.327. The molecule has 0 aliphatic rings. The molecule has 0 fully saturated rings. The molecule has 6 heteroatoms. The molecule has 0 spiro atoms. The van der Waals surface area contributed by atoms with E-state index in [9.17, 15) is 4.39 Å². The van der Waals surface area contributed by atoms with Crippen LogP contribution in [0.15, 0.2) is 41.0 Å². The van der Waals surface area contributed by atoms with Crippen LogP contribution in [0, 0.1) is 5.82 Å². The van der Waals surface area contributed by atoms with Gasteiger partial charge in [0, 0.05) is 22.4 Å². The summed E-state index contributed by atoms with van der Waals surface area (Å²) in [7, 11) is 0. The maximum Gasteiger partial charge on any atom is 0.146 e. The summed E-state index contributed by atoms with van der Waals surface area (Å²) >= 11 is 3.29. The van der Waals surface area contributed by atoms with Crippen LogP contribution in [0.1, 0.15) is 0 Å². The molecule has 17 heavy (non-hydrogen) atoms. The van der Waals surface area contributed by atoms with Crippen molar-refractivity contribution in [2.45, 2.75) is 0 Å². The third-order valence-electron chi connectivity index (χ3n) is 2.12. The highest BCUT2D eigenvalue weighted by atomic mass is 79.9. The molecule has 0 bridgehead atoms. The molecule has 1 aromatic heterocycles. The molecule has 0 aliphatic heterocycles. The highest BCUT2D eigenvalue weighted by molar-refractivity contribution is 9.10.